The van der Waals surface area contributed by atoms with Gasteiger partial charge in [0.1, 0.15) is 0 Å². The lowest BCUT2D eigenvalue weighted by Gasteiger charge is -2.29. The number of halogens is 2. The van der Waals surface area contributed by atoms with Crippen LogP contribution in [0.3, 0.4) is 0 Å². The summed E-state index contributed by atoms with van der Waals surface area (Å²) >= 11 is 0. The fraction of sp³-hybridized carbons (Fsp3) is 1.00. The molecule has 0 bridgehead atoms. The molecule has 0 aromatic carbocycles. The number of fused-ring (bicyclic) bond motifs is 1. The van der Waals surface area contributed by atoms with Gasteiger partial charge in [0.05, 0.1) is 28.8 Å². The molecular weight excluding hydrogens is 186 g/mol. The van der Waals surface area contributed by atoms with Gasteiger partial charge in [-0.05, 0) is 13.0 Å². The first-order valence-electron chi connectivity index (χ1n) is 4.60. The molecule has 2 heterocycles. The molecule has 4 radical (unpaired) electrons. The van der Waals surface area contributed by atoms with E-state index in [-0.39, 0.29) is 32.5 Å². The van der Waals surface area contributed by atoms with E-state index in [4.69, 9.17) is 15.7 Å². The van der Waals surface area contributed by atoms with E-state index in [0.717, 1.165) is 0 Å². The Morgan fingerprint density at radius 1 is 1.21 bits per heavy atom. The van der Waals surface area contributed by atoms with Crippen LogP contribution in [0.1, 0.15) is 12.8 Å². The number of hydrogen-bond acceptors (Lipinski definition) is 2. The zero-order valence-electron chi connectivity index (χ0n) is 7.84. The zero-order valence-corrected chi connectivity index (χ0v) is 7.84. The first-order valence-corrected chi connectivity index (χ1v) is 4.60. The van der Waals surface area contributed by atoms with Crippen LogP contribution in [0, 0.1) is 0 Å². The van der Waals surface area contributed by atoms with Crippen molar-refractivity contribution in [3.8, 4) is 0 Å². The maximum absolute atomic E-state index is 13.1. The Morgan fingerprint density at radius 2 is 1.86 bits per heavy atom. The molecule has 2 rings (SSSR count). The molecule has 0 amide bonds. The Kier molecular flexibility index (Phi) is 2.03. The number of aliphatic hydroxyl groups is 1. The molecule has 6 heteroatoms. The summed E-state index contributed by atoms with van der Waals surface area (Å²) in [5, 5.41) is 8.26. The van der Waals surface area contributed by atoms with Gasteiger partial charge in [-0.2, -0.15) is 0 Å². The van der Waals surface area contributed by atoms with Crippen LogP contribution in [-0.4, -0.2) is 56.9 Å². The van der Waals surface area contributed by atoms with Crippen molar-refractivity contribution in [2.75, 3.05) is 19.7 Å². The molecule has 2 aliphatic heterocycles. The van der Waals surface area contributed by atoms with Gasteiger partial charge in [-0.3, -0.25) is 4.90 Å². The molecule has 74 valence electrons. The summed E-state index contributed by atoms with van der Waals surface area (Å²) in [6.45, 7) is -0.425. The summed E-state index contributed by atoms with van der Waals surface area (Å²) in [7, 11) is 11.4. The quantitative estimate of drug-likeness (QED) is 0.593. The summed E-state index contributed by atoms with van der Waals surface area (Å²) in [6, 6.07) is 0. The van der Waals surface area contributed by atoms with Crippen LogP contribution in [-0.2, 0) is 0 Å². The highest BCUT2D eigenvalue weighted by Crippen LogP contribution is 2.52. The molecule has 0 aliphatic carbocycles. The molecular formula is C8H11B2F2NO. The van der Waals surface area contributed by atoms with Gasteiger partial charge < -0.3 is 5.11 Å². The van der Waals surface area contributed by atoms with Crippen LogP contribution in [0.25, 0.3) is 0 Å². The maximum atomic E-state index is 13.1. The molecule has 2 aliphatic rings. The van der Waals surface area contributed by atoms with Crippen LogP contribution in [0.2, 0.25) is 5.21 Å². The van der Waals surface area contributed by atoms with E-state index in [0.29, 0.717) is 0 Å². The molecule has 0 aromatic rings. The van der Waals surface area contributed by atoms with Crippen LogP contribution in [0.15, 0.2) is 0 Å². The molecule has 1 atom stereocenters. The number of nitrogens with zero attached hydrogens (tertiary/aromatic N) is 1. The van der Waals surface area contributed by atoms with Crippen molar-refractivity contribution in [3.63, 3.8) is 0 Å². The Labute approximate surface area is 84.5 Å². The van der Waals surface area contributed by atoms with E-state index in [1.807, 2.05) is 0 Å². The fourth-order valence-electron chi connectivity index (χ4n) is 2.73. The third-order valence-electron chi connectivity index (χ3n) is 3.12. The zero-order chi connectivity index (χ0) is 10.6. The van der Waals surface area contributed by atoms with Crippen molar-refractivity contribution in [1.29, 1.82) is 0 Å². The first-order chi connectivity index (χ1) is 6.29. The SMILES string of the molecule is [B]C1([B])CN2CC(F)(F)CC2(CO)C1. The van der Waals surface area contributed by atoms with E-state index in [1.54, 1.807) is 0 Å². The lowest BCUT2D eigenvalue weighted by molar-refractivity contribution is 0.00732. The van der Waals surface area contributed by atoms with Crippen molar-refractivity contribution in [2.45, 2.75) is 29.5 Å². The largest absolute Gasteiger partial charge is 0.394 e. The van der Waals surface area contributed by atoms with E-state index in [9.17, 15) is 13.9 Å². The Bertz CT molecular complexity index is 240. The van der Waals surface area contributed by atoms with E-state index in [2.05, 4.69) is 0 Å². The number of alkyl halides is 2. The van der Waals surface area contributed by atoms with Crippen LogP contribution in [0.5, 0.6) is 0 Å². The number of aliphatic hydroxyl groups excluding tert-OH is 1. The van der Waals surface area contributed by atoms with Crippen molar-refractivity contribution in [3.05, 3.63) is 0 Å². The van der Waals surface area contributed by atoms with Crippen molar-refractivity contribution < 1.29 is 13.9 Å². The lowest BCUT2D eigenvalue weighted by atomic mass is 9.52. The smallest absolute Gasteiger partial charge is 0.262 e. The molecule has 2 fully saturated rings. The van der Waals surface area contributed by atoms with Crippen molar-refractivity contribution in [2.24, 2.45) is 0 Å². The summed E-state index contributed by atoms with van der Waals surface area (Å²) < 4.78 is 26.2. The first kappa shape index (κ1) is 10.4. The van der Waals surface area contributed by atoms with Crippen LogP contribution in [0.4, 0.5) is 8.78 Å². The Balaban J connectivity index is 2.24. The average molecular weight is 197 g/mol. The third-order valence-corrected chi connectivity index (χ3v) is 3.12. The monoisotopic (exact) mass is 197 g/mol. The topological polar surface area (TPSA) is 23.5 Å². The minimum atomic E-state index is -2.72. The second kappa shape index (κ2) is 2.73. The number of rotatable bonds is 1. The summed E-state index contributed by atoms with van der Waals surface area (Å²) in [5.41, 5.74) is -0.896. The lowest BCUT2D eigenvalue weighted by Crippen LogP contribution is -2.41. The molecule has 0 spiro atoms. The van der Waals surface area contributed by atoms with E-state index >= 15 is 0 Å². The van der Waals surface area contributed by atoms with Gasteiger partial charge in [0, 0.05) is 12.0 Å². The molecule has 1 N–H and O–H groups in total. The second-order valence-electron chi connectivity index (χ2n) is 4.68. The normalized spacial score (nSPS) is 39.9. The summed E-state index contributed by atoms with van der Waals surface area (Å²) in [4.78, 5) is 1.52. The van der Waals surface area contributed by atoms with E-state index in [1.165, 1.54) is 4.90 Å². The summed E-state index contributed by atoms with van der Waals surface area (Å²) in [6.07, 6.45) is -0.112. The molecule has 1 unspecified atom stereocenters. The highest BCUT2D eigenvalue weighted by molar-refractivity contribution is 6.40. The summed E-state index contributed by atoms with van der Waals surface area (Å²) in [5.74, 6) is -2.72. The van der Waals surface area contributed by atoms with Crippen molar-refractivity contribution in [1.82, 2.24) is 4.90 Å². The predicted molar refractivity (Wildman–Crippen MR) is 49.8 cm³/mol. The van der Waals surface area contributed by atoms with Crippen molar-refractivity contribution >= 4 is 15.7 Å². The fourth-order valence-corrected chi connectivity index (χ4v) is 2.73. The minimum absolute atomic E-state index is 0.225. The highest BCUT2D eigenvalue weighted by Gasteiger charge is 2.59. The van der Waals surface area contributed by atoms with E-state index < -0.39 is 16.7 Å². The standard InChI is InChI=1S/C8H11B2F2NO/c9-7(10)1-6(5-14)2-8(11,12)4-13(6)3-7/h14H,1-5H2. The Morgan fingerprint density at radius 3 is 2.36 bits per heavy atom. The van der Waals surface area contributed by atoms with Gasteiger partial charge >= 0.3 is 0 Å². The third kappa shape index (κ3) is 1.48. The molecule has 0 aromatic heterocycles. The molecule has 0 saturated carbocycles. The van der Waals surface area contributed by atoms with Gasteiger partial charge in [0.25, 0.3) is 5.92 Å². The van der Waals surface area contributed by atoms with Gasteiger partial charge in [-0.15, -0.1) is 0 Å². The van der Waals surface area contributed by atoms with Crippen LogP contribution >= 0.6 is 0 Å². The van der Waals surface area contributed by atoms with Gasteiger partial charge in [-0.1, -0.05) is 5.21 Å². The average Bonchev–Trinajstić information content (AvgIpc) is 2.32. The highest BCUT2D eigenvalue weighted by atomic mass is 19.3. The Hall–Kier alpha value is -0.0901. The van der Waals surface area contributed by atoms with Gasteiger partial charge in [-0.25, -0.2) is 8.78 Å². The van der Waals surface area contributed by atoms with Gasteiger partial charge in [0.2, 0.25) is 0 Å². The maximum Gasteiger partial charge on any atom is 0.262 e. The van der Waals surface area contributed by atoms with Crippen LogP contribution < -0.4 is 0 Å². The second-order valence-corrected chi connectivity index (χ2v) is 4.68. The molecule has 14 heavy (non-hydrogen) atoms. The number of hydrogen-bond donors (Lipinski definition) is 1. The van der Waals surface area contributed by atoms with Gasteiger partial charge in [0.15, 0.2) is 0 Å². The minimum Gasteiger partial charge on any atom is -0.394 e. The molecule has 2 saturated heterocycles. The predicted octanol–water partition coefficient (Wildman–Crippen LogP) is -0.0846. The molecule has 2 nitrogen and oxygen atoms in total.